The third-order valence-electron chi connectivity index (χ3n) is 4.70. The zero-order valence-corrected chi connectivity index (χ0v) is 13.2. The van der Waals surface area contributed by atoms with Gasteiger partial charge in [0.25, 0.3) is 0 Å². The lowest BCUT2D eigenvalue weighted by molar-refractivity contribution is -0.136. The van der Waals surface area contributed by atoms with Gasteiger partial charge in [-0.3, -0.25) is 4.79 Å². The maximum absolute atomic E-state index is 12.6. The van der Waals surface area contributed by atoms with Gasteiger partial charge >= 0.3 is 0 Å². The Morgan fingerprint density at radius 1 is 1.33 bits per heavy atom. The average molecular weight is 290 g/mol. The zero-order chi connectivity index (χ0) is 15.5. The highest BCUT2D eigenvalue weighted by Crippen LogP contribution is 2.30. The third kappa shape index (κ3) is 3.44. The Kier molecular flexibility index (Phi) is 5.01. The van der Waals surface area contributed by atoms with Crippen LogP contribution in [0.25, 0.3) is 0 Å². The van der Waals surface area contributed by atoms with Crippen LogP contribution in [0.1, 0.15) is 42.5 Å². The van der Waals surface area contributed by atoms with Gasteiger partial charge in [-0.1, -0.05) is 18.2 Å². The first-order chi connectivity index (χ1) is 9.98. The largest absolute Gasteiger partial charge is 0.381 e. The first-order valence-corrected chi connectivity index (χ1v) is 7.64. The molecule has 2 rings (SSSR count). The van der Waals surface area contributed by atoms with E-state index in [9.17, 15) is 4.79 Å². The van der Waals surface area contributed by atoms with E-state index in [4.69, 9.17) is 10.5 Å². The molecule has 1 aromatic carbocycles. The summed E-state index contributed by atoms with van der Waals surface area (Å²) >= 11 is 0. The molecule has 0 radical (unpaired) electrons. The summed E-state index contributed by atoms with van der Waals surface area (Å²) in [5, 5.41) is 3.13. The second-order valence-electron chi connectivity index (χ2n) is 6.14. The molecule has 4 nitrogen and oxygen atoms in total. The van der Waals surface area contributed by atoms with Gasteiger partial charge in [0.2, 0.25) is 5.91 Å². The van der Waals surface area contributed by atoms with Crippen molar-refractivity contribution in [1.29, 1.82) is 0 Å². The maximum atomic E-state index is 12.6. The number of ether oxygens (including phenoxy) is 1. The molecule has 21 heavy (non-hydrogen) atoms. The van der Waals surface area contributed by atoms with Crippen molar-refractivity contribution in [3.05, 3.63) is 34.9 Å². The molecular weight excluding hydrogens is 264 g/mol. The molecule has 0 bridgehead atoms. The molecule has 1 atom stereocenters. The van der Waals surface area contributed by atoms with Crippen LogP contribution in [-0.2, 0) is 9.53 Å². The Morgan fingerprint density at radius 2 is 2.00 bits per heavy atom. The number of rotatable bonds is 4. The number of hydrogen-bond donors (Lipinski definition) is 2. The Bertz CT molecular complexity index is 508. The quantitative estimate of drug-likeness (QED) is 0.894. The van der Waals surface area contributed by atoms with E-state index in [1.165, 1.54) is 11.1 Å². The van der Waals surface area contributed by atoms with Gasteiger partial charge in [-0.05, 0) is 50.3 Å². The Labute approximate surface area is 127 Å². The van der Waals surface area contributed by atoms with E-state index in [0.717, 1.165) is 5.56 Å². The van der Waals surface area contributed by atoms with E-state index in [0.29, 0.717) is 32.6 Å². The second-order valence-corrected chi connectivity index (χ2v) is 6.14. The number of carbonyl (C=O) groups excluding carboxylic acids is 1. The van der Waals surface area contributed by atoms with E-state index >= 15 is 0 Å². The van der Waals surface area contributed by atoms with Gasteiger partial charge in [0, 0.05) is 19.8 Å². The summed E-state index contributed by atoms with van der Waals surface area (Å²) in [4.78, 5) is 12.6. The van der Waals surface area contributed by atoms with Crippen LogP contribution in [0.15, 0.2) is 18.2 Å². The molecule has 116 valence electrons. The van der Waals surface area contributed by atoms with Crippen molar-refractivity contribution in [2.75, 3.05) is 19.8 Å². The number of carbonyl (C=O) groups is 1. The van der Waals surface area contributed by atoms with Gasteiger partial charge in [0.05, 0.1) is 11.5 Å². The van der Waals surface area contributed by atoms with Crippen LogP contribution in [0.5, 0.6) is 0 Å². The first kappa shape index (κ1) is 16.0. The fourth-order valence-electron chi connectivity index (χ4n) is 2.75. The number of nitrogens with one attached hydrogen (secondary N) is 1. The highest BCUT2D eigenvalue weighted by Gasteiger charge is 2.39. The maximum Gasteiger partial charge on any atom is 0.228 e. The van der Waals surface area contributed by atoms with Crippen molar-refractivity contribution in [3.8, 4) is 0 Å². The van der Waals surface area contributed by atoms with E-state index in [2.05, 4.69) is 37.4 Å². The van der Waals surface area contributed by atoms with Crippen LogP contribution in [0.4, 0.5) is 0 Å². The van der Waals surface area contributed by atoms with Crippen molar-refractivity contribution in [2.24, 2.45) is 11.1 Å². The first-order valence-electron chi connectivity index (χ1n) is 7.64. The fraction of sp³-hybridized carbons (Fsp3) is 0.588. The Hall–Kier alpha value is -1.39. The highest BCUT2D eigenvalue weighted by atomic mass is 16.5. The van der Waals surface area contributed by atoms with E-state index < -0.39 is 5.41 Å². The molecule has 1 unspecified atom stereocenters. The van der Waals surface area contributed by atoms with Crippen LogP contribution in [-0.4, -0.2) is 25.7 Å². The van der Waals surface area contributed by atoms with Gasteiger partial charge in [0.15, 0.2) is 0 Å². The number of aryl methyl sites for hydroxylation is 2. The minimum absolute atomic E-state index is 0.0110. The molecule has 1 aliphatic rings. The van der Waals surface area contributed by atoms with Crippen molar-refractivity contribution in [2.45, 2.75) is 39.7 Å². The smallest absolute Gasteiger partial charge is 0.228 e. The predicted molar refractivity (Wildman–Crippen MR) is 84.0 cm³/mol. The van der Waals surface area contributed by atoms with Crippen LogP contribution >= 0.6 is 0 Å². The molecular formula is C17H26N2O2. The number of hydrogen-bond acceptors (Lipinski definition) is 3. The molecule has 1 saturated heterocycles. The topological polar surface area (TPSA) is 64.4 Å². The minimum atomic E-state index is -0.466. The van der Waals surface area contributed by atoms with Gasteiger partial charge in [-0.25, -0.2) is 0 Å². The summed E-state index contributed by atoms with van der Waals surface area (Å²) in [5.74, 6) is 0.0547. The fourth-order valence-corrected chi connectivity index (χ4v) is 2.75. The van der Waals surface area contributed by atoms with E-state index in [1.54, 1.807) is 0 Å². The number of nitrogens with two attached hydrogens (primary N) is 1. The summed E-state index contributed by atoms with van der Waals surface area (Å²) < 4.78 is 5.36. The summed E-state index contributed by atoms with van der Waals surface area (Å²) in [6.07, 6.45) is 1.41. The third-order valence-corrected chi connectivity index (χ3v) is 4.70. The van der Waals surface area contributed by atoms with Gasteiger partial charge in [-0.2, -0.15) is 0 Å². The number of amides is 1. The lowest BCUT2D eigenvalue weighted by Gasteiger charge is -2.35. The summed E-state index contributed by atoms with van der Waals surface area (Å²) in [7, 11) is 0. The van der Waals surface area contributed by atoms with Gasteiger partial charge < -0.3 is 15.8 Å². The van der Waals surface area contributed by atoms with Crippen molar-refractivity contribution in [1.82, 2.24) is 5.32 Å². The van der Waals surface area contributed by atoms with Crippen molar-refractivity contribution >= 4 is 5.91 Å². The molecule has 1 aliphatic heterocycles. The standard InChI is InChI=1S/C17H26N2O2/c1-12-4-5-15(10-13(12)2)14(3)19-16(20)17(11-18)6-8-21-9-7-17/h4-5,10,14H,6-9,11,18H2,1-3H3,(H,19,20). The lowest BCUT2D eigenvalue weighted by Crippen LogP contribution is -2.49. The van der Waals surface area contributed by atoms with Crippen LogP contribution in [0.3, 0.4) is 0 Å². The highest BCUT2D eigenvalue weighted by molar-refractivity contribution is 5.83. The normalized spacial score (nSPS) is 19.0. The Balaban J connectivity index is 2.08. The molecule has 3 N–H and O–H groups in total. The minimum Gasteiger partial charge on any atom is -0.381 e. The Morgan fingerprint density at radius 3 is 2.57 bits per heavy atom. The predicted octanol–water partition coefficient (Wildman–Crippen LogP) is 2.24. The summed E-state index contributed by atoms with van der Waals surface area (Å²) in [5.41, 5.74) is 9.05. The van der Waals surface area contributed by atoms with Crippen molar-refractivity contribution < 1.29 is 9.53 Å². The van der Waals surface area contributed by atoms with Crippen LogP contribution in [0.2, 0.25) is 0 Å². The molecule has 1 aromatic rings. The molecule has 0 aromatic heterocycles. The lowest BCUT2D eigenvalue weighted by atomic mass is 9.79. The number of benzene rings is 1. The molecule has 1 heterocycles. The molecule has 1 amide bonds. The molecule has 0 saturated carbocycles. The van der Waals surface area contributed by atoms with Gasteiger partial charge in [0.1, 0.15) is 0 Å². The molecule has 0 aliphatic carbocycles. The van der Waals surface area contributed by atoms with E-state index in [-0.39, 0.29) is 11.9 Å². The molecule has 1 fully saturated rings. The van der Waals surface area contributed by atoms with Crippen molar-refractivity contribution in [3.63, 3.8) is 0 Å². The average Bonchev–Trinajstić information content (AvgIpc) is 2.50. The zero-order valence-electron chi connectivity index (χ0n) is 13.2. The van der Waals surface area contributed by atoms with Crippen LogP contribution in [0, 0.1) is 19.3 Å². The molecule has 4 heteroatoms. The summed E-state index contributed by atoms with van der Waals surface area (Å²) in [6, 6.07) is 6.30. The van der Waals surface area contributed by atoms with Crippen LogP contribution < -0.4 is 11.1 Å². The van der Waals surface area contributed by atoms with Gasteiger partial charge in [-0.15, -0.1) is 0 Å². The second kappa shape index (κ2) is 6.58. The monoisotopic (exact) mass is 290 g/mol. The SMILES string of the molecule is Cc1ccc(C(C)NC(=O)C2(CN)CCOCC2)cc1C. The summed E-state index contributed by atoms with van der Waals surface area (Å²) in [6.45, 7) is 7.81. The van der Waals surface area contributed by atoms with E-state index in [1.807, 2.05) is 6.92 Å². The molecule has 0 spiro atoms.